The van der Waals surface area contributed by atoms with Crippen LogP contribution in [0.15, 0.2) is 35.0 Å². The number of fused-ring (bicyclic) bond motifs is 1. The number of halogens is 1. The molecule has 0 bridgehead atoms. The van der Waals surface area contributed by atoms with Gasteiger partial charge in [-0.05, 0) is 74.6 Å². The van der Waals surface area contributed by atoms with E-state index in [1.807, 2.05) is 14.0 Å². The van der Waals surface area contributed by atoms with E-state index in [0.717, 1.165) is 29.5 Å². The Hall–Kier alpha value is -0.800. The molecular formula is C20H27BrO2. The largest absolute Gasteiger partial charge is 0.498 e. The van der Waals surface area contributed by atoms with E-state index in [4.69, 9.17) is 9.47 Å². The van der Waals surface area contributed by atoms with Gasteiger partial charge in [0.15, 0.2) is 0 Å². The predicted octanol–water partition coefficient (Wildman–Crippen LogP) is 5.39. The van der Waals surface area contributed by atoms with Crippen LogP contribution in [0, 0.1) is 5.41 Å². The van der Waals surface area contributed by atoms with Gasteiger partial charge in [-0.15, -0.1) is 0 Å². The van der Waals surface area contributed by atoms with Gasteiger partial charge in [0.2, 0.25) is 0 Å². The van der Waals surface area contributed by atoms with E-state index in [1.54, 1.807) is 0 Å². The van der Waals surface area contributed by atoms with Crippen molar-refractivity contribution in [3.05, 3.63) is 46.1 Å². The Labute approximate surface area is 148 Å². The number of allylic oxidation sites excluding steroid dienone is 1. The highest BCUT2D eigenvalue weighted by Crippen LogP contribution is 2.62. The SMILES string of the molecule is C=C(OCC)C1(C)c2cc(Br)ccc2CC12CCC(OC)CC2. The molecule has 1 aromatic rings. The minimum atomic E-state index is -0.124. The van der Waals surface area contributed by atoms with Crippen molar-refractivity contribution in [2.45, 2.75) is 57.5 Å². The average molecular weight is 379 g/mol. The molecule has 23 heavy (non-hydrogen) atoms. The van der Waals surface area contributed by atoms with Crippen molar-refractivity contribution in [1.82, 2.24) is 0 Å². The second kappa shape index (κ2) is 6.25. The number of ether oxygens (including phenoxy) is 2. The standard InChI is InChI=1S/C20H27BrO2/c1-5-23-14(2)19(3)18-12-16(21)7-6-15(18)13-20(19)10-8-17(22-4)9-11-20/h6-7,12,17H,2,5,8-11,13H2,1,3-4H3. The van der Waals surface area contributed by atoms with Gasteiger partial charge < -0.3 is 9.47 Å². The van der Waals surface area contributed by atoms with Gasteiger partial charge in [-0.1, -0.05) is 28.6 Å². The van der Waals surface area contributed by atoms with Gasteiger partial charge in [-0.2, -0.15) is 0 Å². The van der Waals surface area contributed by atoms with Crippen LogP contribution in [0.3, 0.4) is 0 Å². The van der Waals surface area contributed by atoms with Crippen LogP contribution in [0.25, 0.3) is 0 Å². The summed E-state index contributed by atoms with van der Waals surface area (Å²) in [5, 5.41) is 0. The molecule has 1 aromatic carbocycles. The topological polar surface area (TPSA) is 18.5 Å². The van der Waals surface area contributed by atoms with Crippen LogP contribution in [0.4, 0.5) is 0 Å². The van der Waals surface area contributed by atoms with E-state index < -0.39 is 0 Å². The fourth-order valence-electron chi connectivity index (χ4n) is 4.82. The first-order chi connectivity index (χ1) is 11.0. The zero-order valence-electron chi connectivity index (χ0n) is 14.5. The van der Waals surface area contributed by atoms with Gasteiger partial charge >= 0.3 is 0 Å². The molecule has 0 aliphatic heterocycles. The van der Waals surface area contributed by atoms with Gasteiger partial charge in [0.25, 0.3) is 0 Å². The summed E-state index contributed by atoms with van der Waals surface area (Å²) in [6.45, 7) is 9.41. The quantitative estimate of drug-likeness (QED) is 0.653. The molecule has 0 N–H and O–H groups in total. The first-order valence-corrected chi connectivity index (χ1v) is 9.40. The molecule has 3 heteroatoms. The molecule has 0 aromatic heterocycles. The molecule has 1 spiro atoms. The van der Waals surface area contributed by atoms with E-state index in [1.165, 1.54) is 24.0 Å². The molecule has 0 heterocycles. The third kappa shape index (κ3) is 2.56. The number of methoxy groups -OCH3 is 1. The molecule has 3 rings (SSSR count). The summed E-state index contributed by atoms with van der Waals surface area (Å²) in [6, 6.07) is 6.70. The number of hydrogen-bond acceptors (Lipinski definition) is 2. The van der Waals surface area contributed by atoms with Crippen molar-refractivity contribution in [3.63, 3.8) is 0 Å². The molecule has 0 radical (unpaired) electrons. The van der Waals surface area contributed by atoms with E-state index in [0.29, 0.717) is 12.7 Å². The maximum atomic E-state index is 5.97. The van der Waals surface area contributed by atoms with Gasteiger partial charge in [-0.3, -0.25) is 0 Å². The third-order valence-corrected chi connectivity index (χ3v) is 6.79. The second-order valence-electron chi connectivity index (χ2n) is 7.17. The Balaban J connectivity index is 2.05. The van der Waals surface area contributed by atoms with E-state index in [9.17, 15) is 0 Å². The summed E-state index contributed by atoms with van der Waals surface area (Å²) in [7, 11) is 1.83. The van der Waals surface area contributed by atoms with E-state index in [-0.39, 0.29) is 10.8 Å². The maximum absolute atomic E-state index is 5.97. The molecule has 0 amide bonds. The normalized spacial score (nSPS) is 32.8. The third-order valence-electron chi connectivity index (χ3n) is 6.30. The molecule has 126 valence electrons. The van der Waals surface area contributed by atoms with E-state index in [2.05, 4.69) is 47.6 Å². The summed E-state index contributed by atoms with van der Waals surface area (Å²) in [5.74, 6) is 0.924. The van der Waals surface area contributed by atoms with Gasteiger partial charge in [0.1, 0.15) is 0 Å². The zero-order valence-corrected chi connectivity index (χ0v) is 16.0. The average Bonchev–Trinajstić information content (AvgIpc) is 2.79. The minimum absolute atomic E-state index is 0.124. The van der Waals surface area contributed by atoms with Crippen LogP contribution >= 0.6 is 15.9 Å². The van der Waals surface area contributed by atoms with Crippen molar-refractivity contribution < 1.29 is 9.47 Å². The molecule has 2 aliphatic rings. The predicted molar refractivity (Wildman–Crippen MR) is 97.7 cm³/mol. The van der Waals surface area contributed by atoms with Gasteiger partial charge in [0, 0.05) is 11.6 Å². The highest BCUT2D eigenvalue weighted by molar-refractivity contribution is 9.10. The fraction of sp³-hybridized carbons (Fsp3) is 0.600. The number of benzene rings is 1. The summed E-state index contributed by atoms with van der Waals surface area (Å²) in [4.78, 5) is 0. The highest BCUT2D eigenvalue weighted by atomic mass is 79.9. The molecule has 2 nitrogen and oxygen atoms in total. The minimum Gasteiger partial charge on any atom is -0.498 e. The fourth-order valence-corrected chi connectivity index (χ4v) is 5.18. The van der Waals surface area contributed by atoms with Crippen molar-refractivity contribution in [2.24, 2.45) is 5.41 Å². The Kier molecular flexibility index (Phi) is 4.63. The number of hydrogen-bond donors (Lipinski definition) is 0. The summed E-state index contributed by atoms with van der Waals surface area (Å²) in [6.07, 6.45) is 6.11. The van der Waals surface area contributed by atoms with Crippen molar-refractivity contribution >= 4 is 15.9 Å². The summed E-state index contributed by atoms with van der Waals surface area (Å²) >= 11 is 3.65. The first-order valence-electron chi connectivity index (χ1n) is 8.61. The molecule has 0 saturated heterocycles. The monoisotopic (exact) mass is 378 g/mol. The Bertz CT molecular complexity index is 602. The highest BCUT2D eigenvalue weighted by Gasteiger charge is 2.57. The first kappa shape index (κ1) is 17.0. The maximum Gasteiger partial charge on any atom is 0.0996 e. The number of rotatable bonds is 4. The van der Waals surface area contributed by atoms with Crippen LogP contribution in [0.5, 0.6) is 0 Å². The molecular weight excluding hydrogens is 352 g/mol. The Morgan fingerprint density at radius 3 is 2.65 bits per heavy atom. The lowest BCUT2D eigenvalue weighted by Gasteiger charge is -2.48. The van der Waals surface area contributed by atoms with Crippen molar-refractivity contribution in [3.8, 4) is 0 Å². The smallest absolute Gasteiger partial charge is 0.0996 e. The van der Waals surface area contributed by atoms with Crippen LogP contribution in [-0.4, -0.2) is 19.8 Å². The molecule has 1 saturated carbocycles. The molecule has 2 aliphatic carbocycles. The summed E-state index contributed by atoms with van der Waals surface area (Å²) in [5.41, 5.74) is 2.92. The van der Waals surface area contributed by atoms with Crippen molar-refractivity contribution in [1.29, 1.82) is 0 Å². The zero-order chi connectivity index (χ0) is 16.7. The molecule has 1 fully saturated rings. The van der Waals surface area contributed by atoms with Crippen LogP contribution in [-0.2, 0) is 21.3 Å². The lowest BCUT2D eigenvalue weighted by Crippen LogP contribution is -2.45. The summed E-state index contributed by atoms with van der Waals surface area (Å²) < 4.78 is 12.7. The second-order valence-corrected chi connectivity index (χ2v) is 8.09. The van der Waals surface area contributed by atoms with E-state index >= 15 is 0 Å². The molecule has 1 unspecified atom stereocenters. The Morgan fingerprint density at radius 2 is 2.04 bits per heavy atom. The van der Waals surface area contributed by atoms with Gasteiger partial charge in [0.05, 0.1) is 23.9 Å². The lowest BCUT2D eigenvalue weighted by molar-refractivity contribution is -0.00657. The van der Waals surface area contributed by atoms with Gasteiger partial charge in [-0.25, -0.2) is 0 Å². The molecule has 1 atom stereocenters. The van der Waals surface area contributed by atoms with Crippen molar-refractivity contribution in [2.75, 3.05) is 13.7 Å². The lowest BCUT2D eigenvalue weighted by atomic mass is 9.57. The Morgan fingerprint density at radius 1 is 1.35 bits per heavy atom. The van der Waals surface area contributed by atoms with Crippen LogP contribution in [0.1, 0.15) is 50.7 Å². The van der Waals surface area contributed by atoms with Crippen LogP contribution < -0.4 is 0 Å². The van der Waals surface area contributed by atoms with Crippen LogP contribution in [0.2, 0.25) is 0 Å².